The molecule has 0 saturated carbocycles. The Balaban J connectivity index is 2.44. The lowest BCUT2D eigenvalue weighted by atomic mass is 10.0. The number of piperazine rings is 1. The second-order valence-corrected chi connectivity index (χ2v) is 6.15. The molecule has 1 N–H and O–H groups in total. The zero-order chi connectivity index (χ0) is 11.4. The van der Waals surface area contributed by atoms with Crippen LogP contribution in [0.5, 0.6) is 0 Å². The second-order valence-electron chi connectivity index (χ2n) is 5.03. The van der Waals surface area contributed by atoms with Crippen LogP contribution < -0.4 is 5.32 Å². The van der Waals surface area contributed by atoms with Gasteiger partial charge in [-0.2, -0.15) is 0 Å². The number of hydrogen-bond acceptors (Lipinski definition) is 2. The van der Waals surface area contributed by atoms with E-state index in [0.717, 1.165) is 30.0 Å². The SMILES string of the molecule is C=C(Br)CN1CC(CC(C)C)NCC1C. The van der Waals surface area contributed by atoms with Gasteiger partial charge in [0.1, 0.15) is 0 Å². The van der Waals surface area contributed by atoms with Crippen LogP contribution in [0.2, 0.25) is 0 Å². The smallest absolute Gasteiger partial charge is 0.0297 e. The van der Waals surface area contributed by atoms with Gasteiger partial charge in [-0.05, 0) is 19.3 Å². The third-order valence-electron chi connectivity index (χ3n) is 2.91. The molecule has 0 radical (unpaired) electrons. The number of nitrogens with zero attached hydrogens (tertiary/aromatic N) is 1. The molecule has 2 nitrogen and oxygen atoms in total. The van der Waals surface area contributed by atoms with Gasteiger partial charge in [0.05, 0.1) is 0 Å². The molecule has 0 bridgehead atoms. The first-order valence-electron chi connectivity index (χ1n) is 5.79. The van der Waals surface area contributed by atoms with Gasteiger partial charge in [-0.15, -0.1) is 0 Å². The summed E-state index contributed by atoms with van der Waals surface area (Å²) in [6, 6.07) is 1.26. The first-order chi connectivity index (χ1) is 6.99. The molecule has 1 aliphatic rings. The lowest BCUT2D eigenvalue weighted by Crippen LogP contribution is -2.55. The Morgan fingerprint density at radius 2 is 2.27 bits per heavy atom. The van der Waals surface area contributed by atoms with Crippen molar-refractivity contribution in [1.82, 2.24) is 10.2 Å². The summed E-state index contributed by atoms with van der Waals surface area (Å²) >= 11 is 3.45. The minimum Gasteiger partial charge on any atom is -0.311 e. The summed E-state index contributed by atoms with van der Waals surface area (Å²) in [4.78, 5) is 2.50. The Morgan fingerprint density at radius 1 is 1.60 bits per heavy atom. The molecule has 0 aromatic carbocycles. The van der Waals surface area contributed by atoms with Gasteiger partial charge >= 0.3 is 0 Å². The van der Waals surface area contributed by atoms with Gasteiger partial charge in [-0.1, -0.05) is 36.4 Å². The van der Waals surface area contributed by atoms with Crippen molar-refractivity contribution in [3.05, 3.63) is 11.1 Å². The van der Waals surface area contributed by atoms with Gasteiger partial charge in [-0.25, -0.2) is 0 Å². The summed E-state index contributed by atoms with van der Waals surface area (Å²) in [7, 11) is 0. The van der Waals surface area contributed by atoms with Crippen molar-refractivity contribution in [3.8, 4) is 0 Å². The predicted molar refractivity (Wildman–Crippen MR) is 70.3 cm³/mol. The molecule has 0 aromatic rings. The van der Waals surface area contributed by atoms with Crippen molar-refractivity contribution >= 4 is 15.9 Å². The van der Waals surface area contributed by atoms with Crippen LogP contribution in [0.3, 0.4) is 0 Å². The topological polar surface area (TPSA) is 15.3 Å². The first-order valence-corrected chi connectivity index (χ1v) is 6.59. The van der Waals surface area contributed by atoms with Crippen molar-refractivity contribution in [1.29, 1.82) is 0 Å². The standard InChI is InChI=1S/C12H23BrN2/c1-9(2)5-12-8-15(7-10(3)13)11(4)6-14-12/h9,11-12,14H,3,5-8H2,1-2,4H3. The molecule has 0 aromatic heterocycles. The fourth-order valence-corrected chi connectivity index (χ4v) is 2.48. The molecule has 1 fully saturated rings. The molecular formula is C12H23BrN2. The maximum Gasteiger partial charge on any atom is 0.0297 e. The van der Waals surface area contributed by atoms with Crippen LogP contribution in [0.15, 0.2) is 11.1 Å². The second kappa shape index (κ2) is 6.02. The summed E-state index contributed by atoms with van der Waals surface area (Å²) in [5.41, 5.74) is 0. The molecule has 1 heterocycles. The Bertz CT molecular complexity index is 216. The van der Waals surface area contributed by atoms with E-state index in [1.165, 1.54) is 6.42 Å². The Labute approximate surface area is 102 Å². The molecule has 1 aliphatic heterocycles. The quantitative estimate of drug-likeness (QED) is 0.848. The van der Waals surface area contributed by atoms with E-state index in [-0.39, 0.29) is 0 Å². The van der Waals surface area contributed by atoms with Gasteiger partial charge < -0.3 is 5.32 Å². The van der Waals surface area contributed by atoms with Crippen molar-refractivity contribution in [2.75, 3.05) is 19.6 Å². The summed E-state index contributed by atoms with van der Waals surface area (Å²) in [5.74, 6) is 0.768. The summed E-state index contributed by atoms with van der Waals surface area (Å²) in [5, 5.41) is 3.62. The molecular weight excluding hydrogens is 252 g/mol. The maximum atomic E-state index is 3.92. The number of halogens is 1. The Hall–Kier alpha value is 0.140. The van der Waals surface area contributed by atoms with Crippen LogP contribution >= 0.6 is 15.9 Å². The molecule has 1 rings (SSSR count). The van der Waals surface area contributed by atoms with Gasteiger partial charge in [-0.3, -0.25) is 4.90 Å². The van der Waals surface area contributed by atoms with E-state index in [4.69, 9.17) is 0 Å². The molecule has 88 valence electrons. The lowest BCUT2D eigenvalue weighted by molar-refractivity contribution is 0.146. The highest BCUT2D eigenvalue weighted by Crippen LogP contribution is 2.15. The number of rotatable bonds is 4. The van der Waals surface area contributed by atoms with E-state index in [1.54, 1.807) is 0 Å². The molecule has 2 atom stereocenters. The summed E-state index contributed by atoms with van der Waals surface area (Å²) in [6.07, 6.45) is 1.26. The minimum absolute atomic E-state index is 0.614. The van der Waals surface area contributed by atoms with E-state index in [2.05, 4.69) is 53.5 Å². The maximum absolute atomic E-state index is 3.92. The molecule has 1 saturated heterocycles. The van der Waals surface area contributed by atoms with Crippen LogP contribution in [0, 0.1) is 5.92 Å². The van der Waals surface area contributed by atoms with Crippen molar-refractivity contribution in [2.45, 2.75) is 39.3 Å². The third-order valence-corrected chi connectivity index (χ3v) is 3.16. The highest BCUT2D eigenvalue weighted by atomic mass is 79.9. The van der Waals surface area contributed by atoms with E-state index < -0.39 is 0 Å². The predicted octanol–water partition coefficient (Wildman–Crippen LogP) is 2.60. The molecule has 3 heteroatoms. The monoisotopic (exact) mass is 274 g/mol. The van der Waals surface area contributed by atoms with E-state index in [1.807, 2.05) is 0 Å². The van der Waals surface area contributed by atoms with E-state index >= 15 is 0 Å². The van der Waals surface area contributed by atoms with Gasteiger partial charge in [0.25, 0.3) is 0 Å². The zero-order valence-corrected chi connectivity index (χ0v) is 11.7. The fraction of sp³-hybridized carbons (Fsp3) is 0.833. The summed E-state index contributed by atoms with van der Waals surface area (Å²) in [6.45, 7) is 14.0. The van der Waals surface area contributed by atoms with Crippen molar-refractivity contribution in [2.24, 2.45) is 5.92 Å². The molecule has 0 aliphatic carbocycles. The van der Waals surface area contributed by atoms with E-state index in [0.29, 0.717) is 12.1 Å². The number of hydrogen-bond donors (Lipinski definition) is 1. The average Bonchev–Trinajstić information content (AvgIpc) is 2.09. The first kappa shape index (κ1) is 13.2. The normalized spacial score (nSPS) is 28.3. The largest absolute Gasteiger partial charge is 0.311 e. The average molecular weight is 275 g/mol. The Morgan fingerprint density at radius 3 is 2.80 bits per heavy atom. The van der Waals surface area contributed by atoms with Gasteiger partial charge in [0, 0.05) is 36.2 Å². The van der Waals surface area contributed by atoms with Crippen LogP contribution in [0.1, 0.15) is 27.2 Å². The highest BCUT2D eigenvalue weighted by Gasteiger charge is 2.24. The fourth-order valence-electron chi connectivity index (χ4n) is 2.16. The lowest BCUT2D eigenvalue weighted by Gasteiger charge is -2.39. The molecule has 0 amide bonds. The molecule has 15 heavy (non-hydrogen) atoms. The minimum atomic E-state index is 0.614. The van der Waals surface area contributed by atoms with Crippen LogP contribution in [0.4, 0.5) is 0 Å². The Kier molecular flexibility index (Phi) is 5.30. The van der Waals surface area contributed by atoms with Crippen molar-refractivity contribution in [3.63, 3.8) is 0 Å². The molecule has 0 spiro atoms. The van der Waals surface area contributed by atoms with Gasteiger partial charge in [0.15, 0.2) is 0 Å². The van der Waals surface area contributed by atoms with Crippen LogP contribution in [-0.2, 0) is 0 Å². The third kappa shape index (κ3) is 4.66. The van der Waals surface area contributed by atoms with Crippen molar-refractivity contribution < 1.29 is 0 Å². The zero-order valence-electron chi connectivity index (χ0n) is 10.1. The van der Waals surface area contributed by atoms with Crippen LogP contribution in [-0.4, -0.2) is 36.6 Å². The van der Waals surface area contributed by atoms with E-state index in [9.17, 15) is 0 Å². The highest BCUT2D eigenvalue weighted by molar-refractivity contribution is 9.11. The number of nitrogens with one attached hydrogen (secondary N) is 1. The van der Waals surface area contributed by atoms with Gasteiger partial charge in [0.2, 0.25) is 0 Å². The molecule has 2 unspecified atom stereocenters. The van der Waals surface area contributed by atoms with Crippen LogP contribution in [0.25, 0.3) is 0 Å². The summed E-state index contributed by atoms with van der Waals surface area (Å²) < 4.78 is 1.08.